The number of ether oxygens (including phenoxy) is 4. The minimum absolute atomic E-state index is 0.0455. The Morgan fingerprint density at radius 3 is 2.44 bits per heavy atom. The topological polar surface area (TPSA) is 122 Å². The minimum atomic E-state index is -0.982. The van der Waals surface area contributed by atoms with Crippen molar-refractivity contribution in [3.63, 3.8) is 0 Å². The first-order chi connectivity index (χ1) is 20.1. The van der Waals surface area contributed by atoms with Gasteiger partial charge in [0, 0.05) is 29.6 Å². The normalized spacial score (nSPS) is 39.8. The Labute approximate surface area is 253 Å². The number of carbonyl (C=O) groups excluding carboxylic acids is 4. The van der Waals surface area contributed by atoms with Crippen LogP contribution < -0.4 is 0 Å². The molecule has 3 fully saturated rings. The number of rotatable bonds is 8. The molecule has 10 atom stereocenters. The van der Waals surface area contributed by atoms with Gasteiger partial charge in [0.25, 0.3) is 0 Å². The third-order valence-electron chi connectivity index (χ3n) is 11.4. The standard InChI is InChI=1S/C34H44O9/c1-10-18(2)30(38)42-29-28(41-20(4)35)27(32(7)13-11-24(36)31(5,6)23(32)16-26(37)39-9)19(3)34-25(43-34)15-22(33(29,34)8)21-12-14-40-17-21/h11-14,17-18,22-23,25,27-29H,3,10,15-16H2,1-2,4-9H3/t18-,22-,23-,25+,27+,28+,29-,32-,33+,34+/m0/s1. The summed E-state index contributed by atoms with van der Waals surface area (Å²) in [6.07, 6.45) is 5.72. The molecule has 1 aliphatic heterocycles. The molecule has 0 N–H and O–H groups in total. The lowest BCUT2D eigenvalue weighted by molar-refractivity contribution is -0.210. The Balaban J connectivity index is 1.74. The van der Waals surface area contributed by atoms with Crippen LogP contribution in [0.25, 0.3) is 0 Å². The number of epoxide rings is 1. The van der Waals surface area contributed by atoms with Crippen molar-refractivity contribution in [1.29, 1.82) is 0 Å². The third-order valence-corrected chi connectivity index (χ3v) is 11.4. The average molecular weight is 597 g/mol. The summed E-state index contributed by atoms with van der Waals surface area (Å²) in [5.41, 5.74) is -2.01. The molecule has 5 rings (SSSR count). The molecule has 1 saturated heterocycles. The van der Waals surface area contributed by atoms with Gasteiger partial charge < -0.3 is 23.4 Å². The van der Waals surface area contributed by atoms with Gasteiger partial charge in [0.1, 0.15) is 17.8 Å². The molecule has 1 spiro atoms. The van der Waals surface area contributed by atoms with Gasteiger partial charge in [0.05, 0.1) is 43.5 Å². The molecular formula is C34H44O9. The van der Waals surface area contributed by atoms with Crippen LogP contribution in [0.2, 0.25) is 0 Å². The third kappa shape index (κ3) is 4.36. The van der Waals surface area contributed by atoms with Gasteiger partial charge in [-0.2, -0.15) is 0 Å². The summed E-state index contributed by atoms with van der Waals surface area (Å²) >= 11 is 0. The number of hydrogen-bond acceptors (Lipinski definition) is 9. The first-order valence-corrected chi connectivity index (χ1v) is 15.2. The summed E-state index contributed by atoms with van der Waals surface area (Å²) in [6.45, 7) is 17.3. The number of furan rings is 1. The van der Waals surface area contributed by atoms with Gasteiger partial charge in [-0.1, -0.05) is 54.2 Å². The van der Waals surface area contributed by atoms with Crippen molar-refractivity contribution in [3.8, 4) is 0 Å². The van der Waals surface area contributed by atoms with Crippen LogP contribution in [-0.2, 0) is 38.1 Å². The van der Waals surface area contributed by atoms with E-state index in [-0.39, 0.29) is 30.1 Å². The maximum atomic E-state index is 13.6. The zero-order valence-corrected chi connectivity index (χ0v) is 26.4. The van der Waals surface area contributed by atoms with Gasteiger partial charge in [0.15, 0.2) is 5.78 Å². The number of ketones is 1. The van der Waals surface area contributed by atoms with Gasteiger partial charge in [-0.05, 0) is 42.0 Å². The van der Waals surface area contributed by atoms with Crippen molar-refractivity contribution < 1.29 is 42.5 Å². The van der Waals surface area contributed by atoms with Crippen LogP contribution in [-0.4, -0.2) is 54.7 Å². The molecule has 3 aliphatic carbocycles. The number of hydrogen-bond donors (Lipinski definition) is 0. The second kappa shape index (κ2) is 10.5. The summed E-state index contributed by atoms with van der Waals surface area (Å²) in [5.74, 6) is -3.26. The SMILES string of the molecule is C=C1[C@@H]([C@@]2(C)C=CC(=O)C(C)(C)[C@@H]2CC(=O)OC)[C@@H](OC(C)=O)[C@H](OC(=O)[C@@H](C)CC)[C@@]2(C)[C@H](c3ccoc3)C[C@H]3O[C@]132. The fourth-order valence-electron chi connectivity index (χ4n) is 8.76. The van der Waals surface area contributed by atoms with Crippen LogP contribution >= 0.6 is 0 Å². The number of allylic oxidation sites excluding steroid dienone is 2. The quantitative estimate of drug-likeness (QED) is 0.169. The summed E-state index contributed by atoms with van der Waals surface area (Å²) in [4.78, 5) is 52.5. The number of esters is 3. The summed E-state index contributed by atoms with van der Waals surface area (Å²) < 4.78 is 29.8. The zero-order valence-electron chi connectivity index (χ0n) is 26.4. The highest BCUT2D eigenvalue weighted by Crippen LogP contribution is 2.76. The van der Waals surface area contributed by atoms with E-state index in [1.54, 1.807) is 18.6 Å². The van der Waals surface area contributed by atoms with Crippen molar-refractivity contribution in [3.05, 3.63) is 48.5 Å². The Hall–Kier alpha value is -3.20. The minimum Gasteiger partial charge on any atom is -0.472 e. The zero-order chi connectivity index (χ0) is 31.7. The van der Waals surface area contributed by atoms with Gasteiger partial charge in [-0.15, -0.1) is 0 Å². The largest absolute Gasteiger partial charge is 0.472 e. The van der Waals surface area contributed by atoms with Gasteiger partial charge in [-0.25, -0.2) is 0 Å². The van der Waals surface area contributed by atoms with Crippen LogP contribution in [0.15, 0.2) is 47.3 Å². The van der Waals surface area contributed by atoms with E-state index in [1.165, 1.54) is 14.0 Å². The first-order valence-electron chi connectivity index (χ1n) is 15.2. The van der Waals surface area contributed by atoms with E-state index in [2.05, 4.69) is 6.58 Å². The van der Waals surface area contributed by atoms with Gasteiger partial charge in [0.2, 0.25) is 0 Å². The lowest BCUT2D eigenvalue weighted by Crippen LogP contribution is -2.66. The van der Waals surface area contributed by atoms with Crippen molar-refractivity contribution in [1.82, 2.24) is 0 Å². The van der Waals surface area contributed by atoms with E-state index in [0.717, 1.165) is 5.56 Å². The first kappa shape index (κ1) is 31.2. The Kier molecular flexibility index (Phi) is 7.60. The van der Waals surface area contributed by atoms with Crippen molar-refractivity contribution in [2.45, 2.75) is 97.6 Å². The van der Waals surface area contributed by atoms with Crippen molar-refractivity contribution in [2.24, 2.45) is 34.0 Å². The fourth-order valence-corrected chi connectivity index (χ4v) is 8.76. The van der Waals surface area contributed by atoms with Gasteiger partial charge >= 0.3 is 17.9 Å². The Bertz CT molecular complexity index is 1360. The van der Waals surface area contributed by atoms with E-state index < -0.39 is 63.8 Å². The smallest absolute Gasteiger partial charge is 0.309 e. The molecule has 9 heteroatoms. The fraction of sp³-hybridized carbons (Fsp3) is 0.647. The maximum Gasteiger partial charge on any atom is 0.309 e. The summed E-state index contributed by atoms with van der Waals surface area (Å²) in [5, 5.41) is 0. The molecule has 43 heavy (non-hydrogen) atoms. The van der Waals surface area contributed by atoms with E-state index in [0.29, 0.717) is 18.4 Å². The molecule has 0 radical (unpaired) electrons. The highest BCUT2D eigenvalue weighted by molar-refractivity contribution is 5.96. The van der Waals surface area contributed by atoms with Crippen LogP contribution in [0.4, 0.5) is 0 Å². The number of methoxy groups -OCH3 is 1. The molecule has 1 aromatic rings. The molecule has 0 unspecified atom stereocenters. The average Bonchev–Trinajstić information content (AvgIpc) is 3.30. The van der Waals surface area contributed by atoms with Gasteiger partial charge in [-0.3, -0.25) is 19.2 Å². The molecule has 0 amide bonds. The maximum absolute atomic E-state index is 13.6. The van der Waals surface area contributed by atoms with Crippen LogP contribution in [0.5, 0.6) is 0 Å². The lowest BCUT2D eigenvalue weighted by atomic mass is 9.46. The van der Waals surface area contributed by atoms with Crippen molar-refractivity contribution in [2.75, 3.05) is 7.11 Å². The van der Waals surface area contributed by atoms with E-state index in [9.17, 15) is 19.2 Å². The molecule has 0 bridgehead atoms. The molecule has 234 valence electrons. The summed E-state index contributed by atoms with van der Waals surface area (Å²) in [6, 6.07) is 1.91. The van der Waals surface area contributed by atoms with Crippen LogP contribution in [0, 0.1) is 34.0 Å². The predicted octanol–water partition coefficient (Wildman–Crippen LogP) is 5.34. The second-order valence-electron chi connectivity index (χ2n) is 13.8. The highest BCUT2D eigenvalue weighted by Gasteiger charge is 2.84. The predicted molar refractivity (Wildman–Crippen MR) is 155 cm³/mol. The van der Waals surface area contributed by atoms with E-state index in [1.807, 2.05) is 53.7 Å². The Morgan fingerprint density at radius 1 is 1.16 bits per heavy atom. The molecular weight excluding hydrogens is 552 g/mol. The number of carbonyl (C=O) groups is 4. The molecule has 9 nitrogen and oxygen atoms in total. The van der Waals surface area contributed by atoms with E-state index in [4.69, 9.17) is 23.4 Å². The molecule has 2 saturated carbocycles. The molecule has 1 aromatic heterocycles. The van der Waals surface area contributed by atoms with Crippen LogP contribution in [0.3, 0.4) is 0 Å². The van der Waals surface area contributed by atoms with Crippen molar-refractivity contribution >= 4 is 23.7 Å². The van der Waals surface area contributed by atoms with Crippen LogP contribution in [0.1, 0.15) is 79.2 Å². The second-order valence-corrected chi connectivity index (χ2v) is 13.8. The molecule has 2 heterocycles. The van der Waals surface area contributed by atoms with E-state index >= 15 is 0 Å². The molecule has 4 aliphatic rings. The highest BCUT2D eigenvalue weighted by atomic mass is 16.6. The monoisotopic (exact) mass is 596 g/mol. The summed E-state index contributed by atoms with van der Waals surface area (Å²) in [7, 11) is 1.32. The Morgan fingerprint density at radius 2 is 1.86 bits per heavy atom. The lowest BCUT2D eigenvalue weighted by Gasteiger charge is -2.59. The molecule has 0 aromatic carbocycles.